The van der Waals surface area contributed by atoms with Gasteiger partial charge in [0.1, 0.15) is 0 Å². The van der Waals surface area contributed by atoms with Crippen molar-refractivity contribution in [2.75, 3.05) is 13.1 Å². The van der Waals surface area contributed by atoms with Crippen LogP contribution in [-0.2, 0) is 16.8 Å². The molecule has 2 amide bonds. The fourth-order valence-electron chi connectivity index (χ4n) is 3.47. The highest BCUT2D eigenvalue weighted by molar-refractivity contribution is 9.10. The van der Waals surface area contributed by atoms with Crippen LogP contribution in [0, 0.1) is 0 Å². The predicted molar refractivity (Wildman–Crippen MR) is 97.0 cm³/mol. The Morgan fingerprint density at radius 3 is 2.72 bits per heavy atom. The summed E-state index contributed by atoms with van der Waals surface area (Å²) in [4.78, 5) is 30.7. The summed E-state index contributed by atoms with van der Waals surface area (Å²) in [5, 5.41) is 2.88. The molecule has 0 saturated heterocycles. The molecule has 2 heterocycles. The van der Waals surface area contributed by atoms with Gasteiger partial charge >= 0.3 is 0 Å². The number of carbonyl (C=O) groups is 2. The van der Waals surface area contributed by atoms with Crippen molar-refractivity contribution in [2.45, 2.75) is 24.8 Å². The second kappa shape index (κ2) is 6.26. The highest BCUT2D eigenvalue weighted by Gasteiger charge is 2.51. The van der Waals surface area contributed by atoms with Crippen molar-refractivity contribution >= 4 is 27.7 Å². The van der Waals surface area contributed by atoms with E-state index in [0.717, 1.165) is 34.0 Å². The van der Waals surface area contributed by atoms with E-state index in [1.165, 1.54) is 0 Å². The third-order valence-electron chi connectivity index (χ3n) is 4.99. The Bertz CT molecular complexity index is 834. The minimum Gasteiger partial charge on any atom is -0.350 e. The maximum absolute atomic E-state index is 12.8. The molecule has 1 spiro atoms. The predicted octanol–water partition coefficient (Wildman–Crippen LogP) is 2.65. The number of fused-ring (bicyclic) bond motifs is 2. The van der Waals surface area contributed by atoms with E-state index >= 15 is 0 Å². The Labute approximate surface area is 154 Å². The van der Waals surface area contributed by atoms with Gasteiger partial charge in [-0.15, -0.1) is 0 Å². The number of carbonyl (C=O) groups excluding carboxylic acids is 2. The number of nitrogens with one attached hydrogen (secondary N) is 1. The summed E-state index contributed by atoms with van der Waals surface area (Å²) in [6, 6.07) is 9.53. The normalized spacial score (nSPS) is 17.3. The Balaban J connectivity index is 1.46. The smallest absolute Gasteiger partial charge is 0.254 e. The number of hydrogen-bond donors (Lipinski definition) is 1. The molecule has 0 unspecified atom stereocenters. The van der Waals surface area contributed by atoms with Gasteiger partial charge in [0.2, 0.25) is 5.91 Å². The molecule has 128 valence electrons. The molecular formula is C19H18BrN3O2. The molecule has 0 radical (unpaired) electrons. The molecule has 0 atom stereocenters. The first kappa shape index (κ1) is 16.3. The van der Waals surface area contributed by atoms with Gasteiger partial charge in [-0.25, -0.2) is 0 Å². The number of halogens is 1. The molecule has 4 rings (SSSR count). The summed E-state index contributed by atoms with van der Waals surface area (Å²) in [6.07, 6.45) is 5.53. The van der Waals surface area contributed by atoms with Gasteiger partial charge < -0.3 is 10.2 Å². The lowest BCUT2D eigenvalue weighted by molar-refractivity contribution is -0.122. The van der Waals surface area contributed by atoms with E-state index in [4.69, 9.17) is 0 Å². The van der Waals surface area contributed by atoms with Crippen LogP contribution in [0.3, 0.4) is 0 Å². The average molecular weight is 400 g/mol. The van der Waals surface area contributed by atoms with Crippen LogP contribution in [0.25, 0.3) is 0 Å². The van der Waals surface area contributed by atoms with Gasteiger partial charge in [0, 0.05) is 40.9 Å². The molecular weight excluding hydrogens is 382 g/mol. The van der Waals surface area contributed by atoms with Crippen LogP contribution >= 0.6 is 15.9 Å². The van der Waals surface area contributed by atoms with Gasteiger partial charge in [-0.1, -0.05) is 15.9 Å². The fraction of sp³-hybridized carbons (Fsp3) is 0.316. The van der Waals surface area contributed by atoms with Crippen LogP contribution in [-0.4, -0.2) is 34.8 Å². The number of pyridine rings is 1. The van der Waals surface area contributed by atoms with Gasteiger partial charge in [-0.05, 0) is 54.3 Å². The SMILES string of the molecule is O=C(CN1CC2(CC2)c2cc(Br)ccc2C1=O)NCc1ccncc1. The largest absolute Gasteiger partial charge is 0.350 e. The van der Waals surface area contributed by atoms with E-state index in [0.29, 0.717) is 13.1 Å². The van der Waals surface area contributed by atoms with E-state index in [9.17, 15) is 9.59 Å². The standard InChI is InChI=1S/C19H18BrN3O2/c20-14-1-2-15-16(9-14)19(5-6-19)12-23(18(15)25)11-17(24)22-10-13-3-7-21-8-4-13/h1-4,7-9H,5-6,10-12H2,(H,22,24). The first-order valence-corrected chi connectivity index (χ1v) is 9.12. The van der Waals surface area contributed by atoms with Crippen LogP contribution in [0.15, 0.2) is 47.2 Å². The molecule has 6 heteroatoms. The number of aromatic nitrogens is 1. The molecule has 1 fully saturated rings. The van der Waals surface area contributed by atoms with Crippen LogP contribution in [0.1, 0.15) is 34.3 Å². The van der Waals surface area contributed by atoms with Crippen molar-refractivity contribution in [3.63, 3.8) is 0 Å². The molecule has 5 nitrogen and oxygen atoms in total. The average Bonchev–Trinajstić information content (AvgIpc) is 3.39. The second-order valence-electron chi connectivity index (χ2n) is 6.76. The van der Waals surface area contributed by atoms with Crippen molar-refractivity contribution in [3.05, 3.63) is 63.9 Å². The van der Waals surface area contributed by atoms with E-state index in [1.54, 1.807) is 17.3 Å². The van der Waals surface area contributed by atoms with Gasteiger partial charge in [0.05, 0.1) is 6.54 Å². The number of rotatable bonds is 4. The third-order valence-corrected chi connectivity index (χ3v) is 5.48. The fourth-order valence-corrected chi connectivity index (χ4v) is 3.83. The molecule has 2 aromatic rings. The summed E-state index contributed by atoms with van der Waals surface area (Å²) in [5.74, 6) is -0.194. The number of amides is 2. The van der Waals surface area contributed by atoms with Crippen LogP contribution < -0.4 is 5.32 Å². The Hall–Kier alpha value is -2.21. The first-order chi connectivity index (χ1) is 12.1. The molecule has 1 aliphatic carbocycles. The molecule has 1 aromatic carbocycles. The lowest BCUT2D eigenvalue weighted by atomic mass is 9.86. The molecule has 1 saturated carbocycles. The van der Waals surface area contributed by atoms with E-state index in [-0.39, 0.29) is 23.8 Å². The molecule has 1 aromatic heterocycles. The molecule has 25 heavy (non-hydrogen) atoms. The Kier molecular flexibility index (Phi) is 4.07. The van der Waals surface area contributed by atoms with Gasteiger partial charge in [0.25, 0.3) is 5.91 Å². The van der Waals surface area contributed by atoms with Crippen molar-refractivity contribution < 1.29 is 9.59 Å². The van der Waals surface area contributed by atoms with E-state index in [1.807, 2.05) is 24.3 Å². The van der Waals surface area contributed by atoms with Crippen LogP contribution in [0.5, 0.6) is 0 Å². The highest BCUT2D eigenvalue weighted by atomic mass is 79.9. The van der Waals surface area contributed by atoms with Gasteiger partial charge in [-0.3, -0.25) is 14.6 Å². The summed E-state index contributed by atoms with van der Waals surface area (Å²) in [7, 11) is 0. The third kappa shape index (κ3) is 3.18. The molecule has 1 N–H and O–H groups in total. The maximum atomic E-state index is 12.8. The number of benzene rings is 1. The zero-order valence-corrected chi connectivity index (χ0v) is 15.3. The minimum absolute atomic E-state index is 0.0401. The summed E-state index contributed by atoms with van der Waals surface area (Å²) in [6.45, 7) is 1.16. The van der Waals surface area contributed by atoms with E-state index < -0.39 is 0 Å². The lowest BCUT2D eigenvalue weighted by Gasteiger charge is -2.34. The Morgan fingerprint density at radius 1 is 1.24 bits per heavy atom. The molecule has 1 aliphatic heterocycles. The lowest BCUT2D eigenvalue weighted by Crippen LogP contribution is -2.47. The number of nitrogens with zero attached hydrogens (tertiary/aromatic N) is 2. The summed E-state index contributed by atoms with van der Waals surface area (Å²) < 4.78 is 0.994. The van der Waals surface area contributed by atoms with E-state index in [2.05, 4.69) is 32.3 Å². The summed E-state index contributed by atoms with van der Waals surface area (Å²) >= 11 is 3.49. The first-order valence-electron chi connectivity index (χ1n) is 8.32. The van der Waals surface area contributed by atoms with Crippen molar-refractivity contribution in [1.82, 2.24) is 15.2 Å². The summed E-state index contributed by atoms with van der Waals surface area (Å²) in [5.41, 5.74) is 2.88. The monoisotopic (exact) mass is 399 g/mol. The van der Waals surface area contributed by atoms with Gasteiger partial charge in [0.15, 0.2) is 0 Å². The number of hydrogen-bond acceptors (Lipinski definition) is 3. The zero-order valence-electron chi connectivity index (χ0n) is 13.7. The Morgan fingerprint density at radius 2 is 2.00 bits per heavy atom. The van der Waals surface area contributed by atoms with Crippen molar-refractivity contribution in [1.29, 1.82) is 0 Å². The van der Waals surface area contributed by atoms with Crippen LogP contribution in [0.4, 0.5) is 0 Å². The van der Waals surface area contributed by atoms with Crippen LogP contribution in [0.2, 0.25) is 0 Å². The highest BCUT2D eigenvalue weighted by Crippen LogP contribution is 2.52. The topological polar surface area (TPSA) is 62.3 Å². The minimum atomic E-state index is -0.137. The second-order valence-corrected chi connectivity index (χ2v) is 7.68. The molecule has 2 aliphatic rings. The molecule has 0 bridgehead atoms. The van der Waals surface area contributed by atoms with Crippen molar-refractivity contribution in [3.8, 4) is 0 Å². The van der Waals surface area contributed by atoms with Gasteiger partial charge in [-0.2, -0.15) is 0 Å². The maximum Gasteiger partial charge on any atom is 0.254 e. The quantitative estimate of drug-likeness (QED) is 0.859. The van der Waals surface area contributed by atoms with Crippen molar-refractivity contribution in [2.24, 2.45) is 0 Å². The zero-order chi connectivity index (χ0) is 17.4.